The molecular weight excluding hydrogens is 432 g/mol. The van der Waals surface area contributed by atoms with Gasteiger partial charge in [0, 0.05) is 31.1 Å². The number of hydrogen-bond donors (Lipinski definition) is 0. The van der Waals surface area contributed by atoms with Gasteiger partial charge in [0.25, 0.3) is 0 Å². The number of hydrogen-bond acceptors (Lipinski definition) is 3. The summed E-state index contributed by atoms with van der Waals surface area (Å²) in [7, 11) is 0. The van der Waals surface area contributed by atoms with Gasteiger partial charge in [-0.25, -0.2) is 0 Å². The molecule has 4 rings (SSSR count). The first kappa shape index (κ1) is 26.7. The van der Waals surface area contributed by atoms with Crippen molar-refractivity contribution in [2.24, 2.45) is 45.8 Å². The van der Waals surface area contributed by atoms with Gasteiger partial charge >= 0.3 is 5.97 Å². The molecule has 0 amide bonds. The van der Waals surface area contributed by atoms with Crippen molar-refractivity contribution in [3.63, 3.8) is 0 Å². The molecule has 0 radical (unpaired) electrons. The lowest BCUT2D eigenvalue weighted by Gasteiger charge is -2.53. The van der Waals surface area contributed by atoms with E-state index < -0.39 is 0 Å². The van der Waals surface area contributed by atoms with Gasteiger partial charge in [0.05, 0.1) is 0 Å². The highest BCUT2D eigenvalue weighted by Gasteiger charge is 2.62. The first-order valence-electron chi connectivity index (χ1n) is 14.4. The minimum atomic E-state index is -0.229. The van der Waals surface area contributed by atoms with Gasteiger partial charge in [-0.05, 0) is 60.2 Å². The van der Waals surface area contributed by atoms with E-state index in [1.54, 1.807) is 0 Å². The lowest BCUT2D eigenvalue weighted by molar-refractivity contribution is -0.155. The number of Topliss-reactive ketones (excluding diaryl/α,β-unsaturated/α-hetero) is 1. The van der Waals surface area contributed by atoms with E-state index >= 15 is 0 Å². The van der Waals surface area contributed by atoms with Crippen LogP contribution in [0.5, 0.6) is 0 Å². The average Bonchev–Trinajstić information content (AvgIpc) is 2.92. The van der Waals surface area contributed by atoms with E-state index in [2.05, 4.69) is 60.6 Å². The van der Waals surface area contributed by atoms with Crippen molar-refractivity contribution in [3.8, 4) is 0 Å². The zero-order valence-corrected chi connectivity index (χ0v) is 23.7. The van der Waals surface area contributed by atoms with Crippen LogP contribution in [-0.2, 0) is 14.3 Å². The lowest BCUT2D eigenvalue weighted by atomic mass is 9.50. The van der Waals surface area contributed by atoms with Crippen LogP contribution in [0.3, 0.4) is 0 Å². The van der Waals surface area contributed by atoms with E-state index in [0.29, 0.717) is 24.0 Å². The van der Waals surface area contributed by atoms with E-state index in [1.807, 2.05) is 0 Å². The Morgan fingerprint density at radius 1 is 1.06 bits per heavy atom. The molecule has 3 nitrogen and oxygen atoms in total. The van der Waals surface area contributed by atoms with Gasteiger partial charge in [0.1, 0.15) is 11.9 Å². The standard InChI is InChI=1S/C32H50O3/c1-20(2)10-9-11-21(3)25-15-17-32(8)29-24(14-16-31(25,32)7)18-23-12-13-28(35-22(4)33)30(5,6)26(23)19-27(29)34/h12,14,20-21,25-26,28-29H,9-11,13,15-19H2,1-8H3/t21-,25-,26-,28+,29+,31-,32+/m1/s1. The van der Waals surface area contributed by atoms with E-state index in [9.17, 15) is 9.59 Å². The fourth-order valence-corrected chi connectivity index (χ4v) is 8.86. The SMILES string of the molecule is CC(=O)O[C@H]1CC=C2CC3=CC[C@]4(C)[C@@H]([C@H](C)CCCC(C)C)CC[C@@]4(C)[C@@H]3C(=O)C[C@H]2C1(C)C. The Labute approximate surface area is 214 Å². The number of carbonyl (C=O) groups excluding carboxylic acids is 2. The van der Waals surface area contributed by atoms with Crippen LogP contribution in [-0.4, -0.2) is 17.9 Å². The van der Waals surface area contributed by atoms with Gasteiger partial charge in [-0.1, -0.05) is 91.0 Å². The highest BCUT2D eigenvalue weighted by molar-refractivity contribution is 5.87. The zero-order chi connectivity index (χ0) is 25.8. The second kappa shape index (κ2) is 9.49. The lowest BCUT2D eigenvalue weighted by Crippen LogP contribution is -2.49. The molecule has 0 bridgehead atoms. The summed E-state index contributed by atoms with van der Waals surface area (Å²) in [6, 6.07) is 0. The van der Waals surface area contributed by atoms with Gasteiger partial charge in [0.2, 0.25) is 0 Å². The highest BCUT2D eigenvalue weighted by atomic mass is 16.5. The second-order valence-corrected chi connectivity index (χ2v) is 14.0. The number of fused-ring (bicyclic) bond motifs is 4. The molecule has 0 spiro atoms. The number of ketones is 1. The first-order chi connectivity index (χ1) is 16.3. The van der Waals surface area contributed by atoms with Crippen molar-refractivity contribution in [2.45, 2.75) is 119 Å². The highest BCUT2D eigenvalue weighted by Crippen LogP contribution is 2.68. The Kier molecular flexibility index (Phi) is 7.23. The summed E-state index contributed by atoms with van der Waals surface area (Å²) in [4.78, 5) is 25.9. The molecule has 4 aliphatic carbocycles. The van der Waals surface area contributed by atoms with Crippen LogP contribution in [0, 0.1) is 45.8 Å². The van der Waals surface area contributed by atoms with Gasteiger partial charge < -0.3 is 4.74 Å². The third-order valence-corrected chi connectivity index (χ3v) is 11.2. The normalized spacial score (nSPS) is 39.1. The van der Waals surface area contributed by atoms with Crippen molar-refractivity contribution in [3.05, 3.63) is 23.3 Å². The smallest absolute Gasteiger partial charge is 0.302 e. The molecule has 3 heteroatoms. The van der Waals surface area contributed by atoms with Gasteiger partial charge in [-0.15, -0.1) is 0 Å². The molecule has 0 aliphatic heterocycles. The third-order valence-electron chi connectivity index (χ3n) is 11.2. The molecular formula is C32H50O3. The minimum Gasteiger partial charge on any atom is -0.462 e. The zero-order valence-electron chi connectivity index (χ0n) is 23.7. The monoisotopic (exact) mass is 482 g/mol. The van der Waals surface area contributed by atoms with Crippen LogP contribution >= 0.6 is 0 Å². The summed E-state index contributed by atoms with van der Waals surface area (Å²) in [6.45, 7) is 18.0. The number of esters is 1. The molecule has 0 aromatic rings. The van der Waals surface area contributed by atoms with E-state index in [1.165, 1.54) is 50.2 Å². The molecule has 0 aromatic carbocycles. The van der Waals surface area contributed by atoms with Crippen molar-refractivity contribution >= 4 is 11.8 Å². The maximum Gasteiger partial charge on any atom is 0.302 e. The Morgan fingerprint density at radius 3 is 2.43 bits per heavy atom. The quantitative estimate of drug-likeness (QED) is 0.284. The molecule has 0 heterocycles. The number of rotatable bonds is 6. The van der Waals surface area contributed by atoms with Gasteiger partial charge in [-0.3, -0.25) is 9.59 Å². The van der Waals surface area contributed by atoms with Crippen molar-refractivity contribution in [1.82, 2.24) is 0 Å². The Hall–Kier alpha value is -1.38. The maximum atomic E-state index is 14.2. The molecule has 196 valence electrons. The predicted molar refractivity (Wildman–Crippen MR) is 143 cm³/mol. The fraction of sp³-hybridized carbons (Fsp3) is 0.812. The van der Waals surface area contributed by atoms with Crippen LogP contribution in [0.4, 0.5) is 0 Å². The van der Waals surface area contributed by atoms with E-state index in [0.717, 1.165) is 25.2 Å². The molecule has 0 N–H and O–H groups in total. The molecule has 2 fully saturated rings. The summed E-state index contributed by atoms with van der Waals surface area (Å²) in [6.07, 6.45) is 14.4. The topological polar surface area (TPSA) is 43.4 Å². The summed E-state index contributed by atoms with van der Waals surface area (Å²) in [5.74, 6) is 2.59. The maximum absolute atomic E-state index is 14.2. The number of allylic oxidation sites excluding steroid dienone is 3. The largest absolute Gasteiger partial charge is 0.462 e. The van der Waals surface area contributed by atoms with E-state index in [-0.39, 0.29) is 40.2 Å². The second-order valence-electron chi connectivity index (χ2n) is 14.0. The van der Waals surface area contributed by atoms with Crippen molar-refractivity contribution in [1.29, 1.82) is 0 Å². The van der Waals surface area contributed by atoms with Crippen LogP contribution in [0.15, 0.2) is 23.3 Å². The Balaban J connectivity index is 1.60. The summed E-state index contributed by atoms with van der Waals surface area (Å²) >= 11 is 0. The van der Waals surface area contributed by atoms with Crippen LogP contribution in [0.2, 0.25) is 0 Å². The number of ether oxygens (including phenoxy) is 1. The summed E-state index contributed by atoms with van der Waals surface area (Å²) in [5, 5.41) is 0. The van der Waals surface area contributed by atoms with Crippen LogP contribution < -0.4 is 0 Å². The average molecular weight is 483 g/mol. The van der Waals surface area contributed by atoms with Crippen molar-refractivity contribution in [2.75, 3.05) is 0 Å². The molecule has 0 aromatic heterocycles. The molecule has 0 unspecified atom stereocenters. The van der Waals surface area contributed by atoms with E-state index in [4.69, 9.17) is 4.74 Å². The minimum absolute atomic E-state index is 0.0403. The summed E-state index contributed by atoms with van der Waals surface area (Å²) < 4.78 is 5.73. The number of carbonyl (C=O) groups is 2. The third kappa shape index (κ3) is 4.48. The van der Waals surface area contributed by atoms with Gasteiger partial charge in [-0.2, -0.15) is 0 Å². The molecule has 7 atom stereocenters. The van der Waals surface area contributed by atoms with Gasteiger partial charge in [0.15, 0.2) is 0 Å². The van der Waals surface area contributed by atoms with Crippen molar-refractivity contribution < 1.29 is 14.3 Å². The Bertz CT molecular complexity index is 908. The predicted octanol–water partition coefficient (Wildman–Crippen LogP) is 8.08. The van der Waals surface area contributed by atoms with Crippen LogP contribution in [0.1, 0.15) is 113 Å². The van der Waals surface area contributed by atoms with Crippen LogP contribution in [0.25, 0.3) is 0 Å². The fourth-order valence-electron chi connectivity index (χ4n) is 8.86. The Morgan fingerprint density at radius 2 is 1.77 bits per heavy atom. The summed E-state index contributed by atoms with van der Waals surface area (Å²) in [5.41, 5.74) is 2.79. The first-order valence-corrected chi connectivity index (χ1v) is 14.4. The molecule has 4 aliphatic rings. The molecule has 2 saturated carbocycles. The molecule has 0 saturated heterocycles. The molecule has 35 heavy (non-hydrogen) atoms.